The van der Waals surface area contributed by atoms with Gasteiger partial charge in [-0.3, -0.25) is 0 Å². The molecule has 5 heavy (non-hydrogen) atoms. The quantitative estimate of drug-likeness (QED) is 0.351. The Morgan fingerprint density at radius 1 is 1.60 bits per heavy atom. The minimum Gasteiger partial charge on any atom is -1.00 e. The fourth-order valence-corrected chi connectivity index (χ4v) is 0. The maximum atomic E-state index is 8.64. The van der Waals surface area contributed by atoms with Gasteiger partial charge in [0.25, 0.3) is 0 Å². The van der Waals surface area contributed by atoms with E-state index in [-0.39, 0.29) is 20.9 Å². The van der Waals surface area contributed by atoms with Crippen LogP contribution in [-0.4, -0.2) is 17.4 Å². The normalized spacial score (nSPS) is 5.40. The molecule has 0 spiro atoms. The fourth-order valence-electron chi connectivity index (χ4n) is 0. The van der Waals surface area contributed by atoms with Gasteiger partial charge in [-0.1, -0.05) is 0 Å². The first-order valence-corrected chi connectivity index (χ1v) is 0.752. The summed E-state index contributed by atoms with van der Waals surface area (Å²) < 4.78 is 0. The fraction of sp³-hybridized carbons (Fsp3) is 0. The second kappa shape index (κ2) is 4.57. The Morgan fingerprint density at radius 2 is 1.60 bits per heavy atom. The summed E-state index contributed by atoms with van der Waals surface area (Å²) in [4.78, 5) is 0. The summed E-state index contributed by atoms with van der Waals surface area (Å²) in [7, 11) is -2.42. The zero-order valence-corrected chi connectivity index (χ0v) is 5.55. The molecule has 0 amide bonds. The topological polar surface area (TPSA) is 63.5 Å². The largest absolute Gasteiger partial charge is 2.00 e. The van der Waals surface area contributed by atoms with Gasteiger partial charge in [0.2, 0.25) is 0 Å². The van der Waals surface area contributed by atoms with Gasteiger partial charge in [-0.2, -0.15) is 0 Å². The molecule has 0 saturated heterocycles. The Labute approximate surface area is 44.1 Å². The second-order valence-corrected chi connectivity index (χ2v) is 0.326. The van der Waals surface area contributed by atoms with E-state index < -0.39 is 7.32 Å². The van der Waals surface area contributed by atoms with Gasteiger partial charge < -0.3 is 16.5 Å². The van der Waals surface area contributed by atoms with Crippen LogP contribution in [0.15, 0.2) is 0 Å². The first-order chi connectivity index (χ1) is 1.73. The van der Waals surface area contributed by atoms with Gasteiger partial charge in [0.05, 0.1) is 0 Å². The van der Waals surface area contributed by atoms with Crippen LogP contribution in [-0.2, 0) is 19.5 Å². The Bertz CT molecular complexity index is 15.5. The van der Waals surface area contributed by atoms with Crippen LogP contribution in [0, 0.1) is 0 Å². The Kier molecular flexibility index (Phi) is 8.34. The van der Waals surface area contributed by atoms with E-state index in [0.29, 0.717) is 0 Å². The maximum Gasteiger partial charge on any atom is 2.00 e. The molecule has 0 bridgehead atoms. The van der Waals surface area contributed by atoms with Gasteiger partial charge >= 0.3 is 26.8 Å². The molecule has 5 heteroatoms. The number of hydrogen-bond acceptors (Lipinski definition) is 3. The van der Waals surface area contributed by atoms with Crippen molar-refractivity contribution in [1.29, 1.82) is 0 Å². The van der Waals surface area contributed by atoms with E-state index in [1.807, 2.05) is 0 Å². The molecule has 0 unspecified atom stereocenters. The molecule has 3 nitrogen and oxygen atoms in total. The van der Waals surface area contributed by atoms with E-state index in [1.54, 1.807) is 0 Å². The Hall–Kier alpha value is 0.568. The molecule has 0 aliphatic heterocycles. The zero-order valence-electron chi connectivity index (χ0n) is 3.59. The van der Waals surface area contributed by atoms with Crippen molar-refractivity contribution in [2.45, 2.75) is 0 Å². The predicted molar refractivity (Wildman–Crippen MR) is 11.3 cm³/mol. The van der Waals surface area contributed by atoms with Crippen molar-refractivity contribution in [3.63, 3.8) is 0 Å². The van der Waals surface area contributed by atoms with Crippen molar-refractivity contribution in [2.75, 3.05) is 0 Å². The van der Waals surface area contributed by atoms with Crippen molar-refractivity contribution in [3.8, 4) is 0 Å². The van der Waals surface area contributed by atoms with Crippen molar-refractivity contribution >= 4 is 7.32 Å². The number of hydrogen-bond donors (Lipinski definition) is 2. The van der Waals surface area contributed by atoms with Crippen molar-refractivity contribution in [2.24, 2.45) is 0 Å². The maximum absolute atomic E-state index is 8.64. The molecule has 0 atom stereocenters. The molecule has 0 aliphatic carbocycles. The Morgan fingerprint density at radius 3 is 1.60 bits per heavy atom. The number of rotatable bonds is 0. The third-order valence-electron chi connectivity index (χ3n) is 0. The van der Waals surface area contributed by atoms with E-state index >= 15 is 0 Å². The summed E-state index contributed by atoms with van der Waals surface area (Å²) in [6.45, 7) is 0. The molecule has 0 rings (SSSR count). The van der Waals surface area contributed by atoms with Crippen molar-refractivity contribution in [1.82, 2.24) is 0 Å². The van der Waals surface area contributed by atoms with Gasteiger partial charge in [-0.15, -0.1) is 0 Å². The summed E-state index contributed by atoms with van der Waals surface area (Å²) in [6.07, 6.45) is 0. The second-order valence-electron chi connectivity index (χ2n) is 0.326. The minimum atomic E-state index is -2.42. The third kappa shape index (κ3) is 93.3. The van der Waals surface area contributed by atoms with Gasteiger partial charge in [0.15, 0.2) is 0 Å². The summed E-state index contributed by atoms with van der Waals surface area (Å²) in [5.41, 5.74) is 0. The summed E-state index contributed by atoms with van der Waals surface area (Å²) in [5, 5.41) is 22.8. The molecule has 0 fully saturated rings. The van der Waals surface area contributed by atoms with Crippen LogP contribution in [0.2, 0.25) is 0 Å². The molecule has 2 N–H and O–H groups in total. The van der Waals surface area contributed by atoms with Crippen LogP contribution >= 0.6 is 0 Å². The van der Waals surface area contributed by atoms with E-state index in [4.69, 9.17) is 15.1 Å². The molecule has 0 aromatic heterocycles. The smallest absolute Gasteiger partial charge is 1.00 e. The molecule has 26 valence electrons. The SMILES string of the molecule is [H-].[O-]B(O)O.[Zn+2]. The van der Waals surface area contributed by atoms with Crippen LogP contribution in [0.4, 0.5) is 0 Å². The molecule has 0 aliphatic rings. The minimum absolute atomic E-state index is 0. The van der Waals surface area contributed by atoms with Crippen molar-refractivity contribution < 1.29 is 36.0 Å². The summed E-state index contributed by atoms with van der Waals surface area (Å²) in [5.74, 6) is 0. The average Bonchev–Trinajstić information content (AvgIpc) is 0.811. The zero-order chi connectivity index (χ0) is 3.58. The molecular weight excluding hydrogens is 124 g/mol. The third-order valence-corrected chi connectivity index (χ3v) is 0. The molecular formula is H3BO3Zn. The van der Waals surface area contributed by atoms with Gasteiger partial charge in [0, 0.05) is 0 Å². The Balaban J connectivity index is -0.0000000450. The van der Waals surface area contributed by atoms with E-state index in [1.165, 1.54) is 0 Å². The van der Waals surface area contributed by atoms with E-state index in [2.05, 4.69) is 0 Å². The molecule has 0 aromatic rings. The molecule has 0 radical (unpaired) electrons. The van der Waals surface area contributed by atoms with Gasteiger partial charge in [-0.25, -0.2) is 0 Å². The standard InChI is InChI=1S/BH2O3.Zn.H/c2-1(3)4;;/h2-3H;;/q-1;+2;-1. The molecule has 0 heterocycles. The average molecular weight is 127 g/mol. The van der Waals surface area contributed by atoms with Crippen LogP contribution in [0.25, 0.3) is 0 Å². The van der Waals surface area contributed by atoms with Crippen LogP contribution < -0.4 is 5.02 Å². The van der Waals surface area contributed by atoms with Gasteiger partial charge in [-0.05, 0) is 0 Å². The first kappa shape index (κ1) is 9.13. The molecule has 0 aromatic carbocycles. The summed E-state index contributed by atoms with van der Waals surface area (Å²) >= 11 is 0. The van der Waals surface area contributed by atoms with Crippen LogP contribution in [0.3, 0.4) is 0 Å². The predicted octanol–water partition coefficient (Wildman–Crippen LogP) is -2.57. The van der Waals surface area contributed by atoms with E-state index in [0.717, 1.165) is 0 Å². The van der Waals surface area contributed by atoms with E-state index in [9.17, 15) is 0 Å². The summed E-state index contributed by atoms with van der Waals surface area (Å²) in [6, 6.07) is 0. The first-order valence-electron chi connectivity index (χ1n) is 0.752. The van der Waals surface area contributed by atoms with Crippen molar-refractivity contribution in [3.05, 3.63) is 0 Å². The van der Waals surface area contributed by atoms with Gasteiger partial charge in [0.1, 0.15) is 0 Å². The van der Waals surface area contributed by atoms with Crippen LogP contribution in [0.5, 0.6) is 0 Å². The monoisotopic (exact) mass is 126 g/mol. The van der Waals surface area contributed by atoms with Crippen LogP contribution in [0.1, 0.15) is 1.43 Å². The molecule has 0 saturated carbocycles.